The molecule has 2 rings (SSSR count). The van der Waals surface area contributed by atoms with Crippen molar-refractivity contribution in [1.82, 2.24) is 5.32 Å². The van der Waals surface area contributed by atoms with Crippen LogP contribution in [-0.2, 0) is 6.54 Å². The minimum absolute atomic E-state index is 0.0147. The van der Waals surface area contributed by atoms with Crippen LogP contribution < -0.4 is 5.32 Å². The second-order valence-corrected chi connectivity index (χ2v) is 4.65. The second-order valence-electron chi connectivity index (χ2n) is 4.65. The smallest absolute Gasteiger partial charge is 0.372 e. The molecule has 3 N–H and O–H groups in total. The molecule has 0 unspecified atom stereocenters. The second kappa shape index (κ2) is 4.89. The van der Waals surface area contributed by atoms with E-state index in [4.69, 9.17) is 14.6 Å². The summed E-state index contributed by atoms with van der Waals surface area (Å²) in [7, 11) is 0. The number of aliphatic hydroxyl groups excluding tert-OH is 1. The third kappa shape index (κ3) is 2.87. The summed E-state index contributed by atoms with van der Waals surface area (Å²) in [5, 5.41) is 21.2. The van der Waals surface area contributed by atoms with Crippen LogP contribution >= 0.6 is 0 Å². The summed E-state index contributed by atoms with van der Waals surface area (Å²) in [5.74, 6) is 0.150. The number of aliphatic hydroxyl groups is 1. The van der Waals surface area contributed by atoms with E-state index in [1.807, 2.05) is 0 Å². The molecule has 0 spiro atoms. The molecule has 1 heterocycles. The van der Waals surface area contributed by atoms with Crippen molar-refractivity contribution in [1.29, 1.82) is 0 Å². The van der Waals surface area contributed by atoms with Crippen molar-refractivity contribution in [3.05, 3.63) is 23.2 Å². The van der Waals surface area contributed by atoms with Crippen molar-refractivity contribution in [3.8, 4) is 0 Å². The Bertz CT molecular complexity index is 407. The largest absolute Gasteiger partial charge is 0.475 e. The number of hydrogen-bond donors (Lipinski definition) is 3. The zero-order chi connectivity index (χ0) is 12.4. The standard InChI is InChI=1S/C12H17NO4/c1-7-2-10(17-11(7)12(15)16)6-13-5-8-3-9(14)4-8/h2,8-9,13-14H,3-6H2,1H3,(H,15,16). The lowest BCUT2D eigenvalue weighted by atomic mass is 9.82. The lowest BCUT2D eigenvalue weighted by molar-refractivity contribution is 0.0427. The Morgan fingerprint density at radius 3 is 2.82 bits per heavy atom. The summed E-state index contributed by atoms with van der Waals surface area (Å²) in [6.45, 7) is 3.08. The molecule has 5 nitrogen and oxygen atoms in total. The van der Waals surface area contributed by atoms with Crippen LogP contribution in [0.2, 0.25) is 0 Å². The normalized spacial score (nSPS) is 23.4. The Labute approximate surface area is 99.4 Å². The number of hydrogen-bond acceptors (Lipinski definition) is 4. The molecule has 0 amide bonds. The Balaban J connectivity index is 1.79. The summed E-state index contributed by atoms with van der Waals surface area (Å²) in [4.78, 5) is 10.8. The number of aryl methyl sites for hydroxylation is 1. The number of carbonyl (C=O) groups is 1. The molecule has 5 heteroatoms. The Hall–Kier alpha value is -1.33. The first-order valence-corrected chi connectivity index (χ1v) is 5.77. The first-order chi connectivity index (χ1) is 8.06. The van der Waals surface area contributed by atoms with Gasteiger partial charge in [-0.15, -0.1) is 0 Å². The van der Waals surface area contributed by atoms with Crippen LogP contribution in [0.25, 0.3) is 0 Å². The Morgan fingerprint density at radius 1 is 1.59 bits per heavy atom. The third-order valence-electron chi connectivity index (χ3n) is 3.11. The number of carboxylic acid groups (broad SMARTS) is 1. The van der Waals surface area contributed by atoms with E-state index in [1.54, 1.807) is 13.0 Å². The molecule has 1 aliphatic carbocycles. The van der Waals surface area contributed by atoms with Crippen LogP contribution in [0.3, 0.4) is 0 Å². The van der Waals surface area contributed by atoms with E-state index in [2.05, 4.69) is 5.32 Å². The molecule has 1 saturated carbocycles. The highest BCUT2D eigenvalue weighted by atomic mass is 16.4. The lowest BCUT2D eigenvalue weighted by Gasteiger charge is -2.31. The van der Waals surface area contributed by atoms with E-state index < -0.39 is 5.97 Å². The molecule has 0 aromatic carbocycles. The molecule has 0 radical (unpaired) electrons. The Kier molecular flexibility index (Phi) is 3.49. The highest BCUT2D eigenvalue weighted by molar-refractivity contribution is 5.86. The van der Waals surface area contributed by atoms with Crippen LogP contribution in [-0.4, -0.2) is 28.8 Å². The minimum atomic E-state index is -1.03. The van der Waals surface area contributed by atoms with Crippen molar-refractivity contribution in [2.24, 2.45) is 5.92 Å². The van der Waals surface area contributed by atoms with Gasteiger partial charge in [0.15, 0.2) is 0 Å². The zero-order valence-electron chi connectivity index (χ0n) is 9.77. The van der Waals surface area contributed by atoms with Gasteiger partial charge in [0.2, 0.25) is 5.76 Å². The van der Waals surface area contributed by atoms with Crippen molar-refractivity contribution >= 4 is 5.97 Å². The monoisotopic (exact) mass is 239 g/mol. The van der Waals surface area contributed by atoms with Crippen LogP contribution in [0.15, 0.2) is 10.5 Å². The summed E-state index contributed by atoms with van der Waals surface area (Å²) in [6.07, 6.45) is 1.57. The fourth-order valence-corrected chi connectivity index (χ4v) is 2.11. The van der Waals surface area contributed by atoms with Gasteiger partial charge >= 0.3 is 5.97 Å². The molecular formula is C12H17NO4. The summed E-state index contributed by atoms with van der Waals surface area (Å²) < 4.78 is 5.22. The first-order valence-electron chi connectivity index (χ1n) is 5.77. The van der Waals surface area contributed by atoms with Gasteiger partial charge in [0, 0.05) is 5.56 Å². The Morgan fingerprint density at radius 2 is 2.29 bits per heavy atom. The van der Waals surface area contributed by atoms with E-state index in [1.165, 1.54) is 0 Å². The maximum atomic E-state index is 10.8. The topological polar surface area (TPSA) is 82.7 Å². The molecule has 1 aromatic heterocycles. The van der Waals surface area contributed by atoms with Gasteiger partial charge < -0.3 is 19.9 Å². The van der Waals surface area contributed by atoms with Gasteiger partial charge in [-0.05, 0) is 38.3 Å². The van der Waals surface area contributed by atoms with Gasteiger partial charge in [0.1, 0.15) is 5.76 Å². The highest BCUT2D eigenvalue weighted by Gasteiger charge is 2.26. The van der Waals surface area contributed by atoms with E-state index in [-0.39, 0.29) is 11.9 Å². The van der Waals surface area contributed by atoms with Crippen molar-refractivity contribution in [2.45, 2.75) is 32.4 Å². The van der Waals surface area contributed by atoms with Gasteiger partial charge in [-0.3, -0.25) is 0 Å². The maximum Gasteiger partial charge on any atom is 0.372 e. The number of carboxylic acids is 1. The molecule has 0 aliphatic heterocycles. The number of aromatic carboxylic acids is 1. The minimum Gasteiger partial charge on any atom is -0.475 e. The summed E-state index contributed by atoms with van der Waals surface area (Å²) in [6, 6.07) is 1.74. The van der Waals surface area contributed by atoms with Gasteiger partial charge in [0.25, 0.3) is 0 Å². The number of nitrogens with one attached hydrogen (secondary N) is 1. The first kappa shape index (κ1) is 12.1. The molecule has 94 valence electrons. The average Bonchev–Trinajstić information content (AvgIpc) is 2.57. The SMILES string of the molecule is Cc1cc(CNCC2CC(O)C2)oc1C(=O)O. The van der Waals surface area contributed by atoms with Gasteiger partial charge in [0.05, 0.1) is 12.6 Å². The summed E-state index contributed by atoms with van der Waals surface area (Å²) in [5.41, 5.74) is 0.647. The number of rotatable bonds is 5. The molecule has 1 aromatic rings. The van der Waals surface area contributed by atoms with E-state index in [9.17, 15) is 4.79 Å². The predicted octanol–water partition coefficient (Wildman–Crippen LogP) is 1.15. The molecule has 1 fully saturated rings. The molecule has 1 aliphatic rings. The fourth-order valence-electron chi connectivity index (χ4n) is 2.11. The zero-order valence-corrected chi connectivity index (χ0v) is 9.77. The van der Waals surface area contributed by atoms with Gasteiger partial charge in [-0.1, -0.05) is 0 Å². The third-order valence-corrected chi connectivity index (χ3v) is 3.11. The van der Waals surface area contributed by atoms with E-state index in [0.29, 0.717) is 23.8 Å². The number of furan rings is 1. The van der Waals surface area contributed by atoms with Crippen molar-refractivity contribution < 1.29 is 19.4 Å². The van der Waals surface area contributed by atoms with Crippen LogP contribution in [0.1, 0.15) is 34.7 Å². The van der Waals surface area contributed by atoms with Gasteiger partial charge in [-0.25, -0.2) is 4.79 Å². The predicted molar refractivity (Wildman–Crippen MR) is 60.8 cm³/mol. The average molecular weight is 239 g/mol. The molecule has 0 atom stereocenters. The van der Waals surface area contributed by atoms with Crippen molar-refractivity contribution in [2.75, 3.05) is 6.54 Å². The molecule has 0 saturated heterocycles. The molecule has 17 heavy (non-hydrogen) atoms. The van der Waals surface area contributed by atoms with Crippen LogP contribution in [0.4, 0.5) is 0 Å². The van der Waals surface area contributed by atoms with Crippen LogP contribution in [0, 0.1) is 12.8 Å². The molecular weight excluding hydrogens is 222 g/mol. The quantitative estimate of drug-likeness (QED) is 0.718. The lowest BCUT2D eigenvalue weighted by Crippen LogP contribution is -2.35. The molecule has 0 bridgehead atoms. The van der Waals surface area contributed by atoms with Crippen LogP contribution in [0.5, 0.6) is 0 Å². The summed E-state index contributed by atoms with van der Waals surface area (Å²) >= 11 is 0. The maximum absolute atomic E-state index is 10.8. The van der Waals surface area contributed by atoms with E-state index in [0.717, 1.165) is 19.4 Å². The van der Waals surface area contributed by atoms with Gasteiger partial charge in [-0.2, -0.15) is 0 Å². The van der Waals surface area contributed by atoms with E-state index >= 15 is 0 Å². The van der Waals surface area contributed by atoms with Crippen molar-refractivity contribution in [3.63, 3.8) is 0 Å². The highest BCUT2D eigenvalue weighted by Crippen LogP contribution is 2.26. The fraction of sp³-hybridized carbons (Fsp3) is 0.583.